The Hall–Kier alpha value is -0.900. The van der Waals surface area contributed by atoms with Gasteiger partial charge in [-0.3, -0.25) is 0 Å². The van der Waals surface area contributed by atoms with Crippen molar-refractivity contribution in [3.05, 3.63) is 16.6 Å². The molecule has 1 saturated carbocycles. The first-order valence-electron chi connectivity index (χ1n) is 6.08. The fourth-order valence-corrected chi connectivity index (χ4v) is 2.85. The van der Waals surface area contributed by atoms with Crippen molar-refractivity contribution >= 4 is 21.6 Å². The second kappa shape index (κ2) is 4.41. The molecule has 1 aliphatic heterocycles. The normalized spacial score (nSPS) is 26.2. The lowest BCUT2D eigenvalue weighted by Gasteiger charge is -2.34. The summed E-state index contributed by atoms with van der Waals surface area (Å²) in [6, 6.07) is 4.62. The summed E-state index contributed by atoms with van der Waals surface area (Å²) in [5.74, 6) is 2.52. The average Bonchev–Trinajstić information content (AvgIpc) is 2.28. The van der Waals surface area contributed by atoms with E-state index >= 15 is 0 Å². The molecule has 0 spiro atoms. The molecule has 1 fully saturated rings. The van der Waals surface area contributed by atoms with E-state index in [4.69, 9.17) is 9.47 Å². The Kier molecular flexibility index (Phi) is 2.90. The van der Waals surface area contributed by atoms with E-state index < -0.39 is 0 Å². The maximum atomic E-state index is 5.59. The number of anilines is 1. The van der Waals surface area contributed by atoms with Gasteiger partial charge in [-0.25, -0.2) is 0 Å². The highest BCUT2D eigenvalue weighted by molar-refractivity contribution is 9.10. The minimum Gasteiger partial charge on any atom is -0.486 e. The molecule has 0 atom stereocenters. The summed E-state index contributed by atoms with van der Waals surface area (Å²) in [6.45, 7) is 3.55. The Balaban J connectivity index is 1.79. The Morgan fingerprint density at radius 2 is 1.82 bits per heavy atom. The van der Waals surface area contributed by atoms with Gasteiger partial charge in [0.05, 0.1) is 5.69 Å². The molecule has 92 valence electrons. The van der Waals surface area contributed by atoms with E-state index in [1.807, 2.05) is 12.1 Å². The third-order valence-electron chi connectivity index (χ3n) is 3.37. The maximum absolute atomic E-state index is 5.59. The molecule has 1 aliphatic carbocycles. The standard InChI is InChI=1S/C13H16BrNO2/c1-8-4-9(5-8)15-11-7-13-12(6-10(11)14)16-2-3-17-13/h6-9,15H,2-5H2,1H3. The predicted octanol–water partition coefficient (Wildman–Crippen LogP) is 3.43. The van der Waals surface area contributed by atoms with Gasteiger partial charge in [0.15, 0.2) is 11.5 Å². The van der Waals surface area contributed by atoms with Crippen molar-refractivity contribution in [1.82, 2.24) is 0 Å². The quantitative estimate of drug-likeness (QED) is 0.907. The summed E-state index contributed by atoms with van der Waals surface area (Å²) < 4.78 is 12.2. The van der Waals surface area contributed by atoms with Gasteiger partial charge in [0.1, 0.15) is 13.2 Å². The van der Waals surface area contributed by atoms with Gasteiger partial charge in [-0.1, -0.05) is 6.92 Å². The van der Waals surface area contributed by atoms with Crippen LogP contribution in [-0.4, -0.2) is 19.3 Å². The van der Waals surface area contributed by atoms with Crippen molar-refractivity contribution in [2.24, 2.45) is 5.92 Å². The third-order valence-corrected chi connectivity index (χ3v) is 4.02. The van der Waals surface area contributed by atoms with E-state index in [1.54, 1.807) is 0 Å². The zero-order valence-electron chi connectivity index (χ0n) is 9.83. The van der Waals surface area contributed by atoms with Crippen LogP contribution in [-0.2, 0) is 0 Å². The van der Waals surface area contributed by atoms with E-state index in [0.717, 1.165) is 27.6 Å². The van der Waals surface area contributed by atoms with E-state index in [1.165, 1.54) is 12.8 Å². The molecule has 1 N–H and O–H groups in total. The molecule has 17 heavy (non-hydrogen) atoms. The first-order valence-corrected chi connectivity index (χ1v) is 6.87. The molecule has 0 saturated heterocycles. The molecule has 1 aromatic rings. The summed E-state index contributed by atoms with van der Waals surface area (Å²) in [4.78, 5) is 0. The first kappa shape index (κ1) is 11.2. The molecule has 0 bridgehead atoms. The van der Waals surface area contributed by atoms with Gasteiger partial charge in [0, 0.05) is 22.6 Å². The van der Waals surface area contributed by atoms with Crippen LogP contribution in [0.3, 0.4) is 0 Å². The summed E-state index contributed by atoms with van der Waals surface area (Å²) in [7, 11) is 0. The topological polar surface area (TPSA) is 30.5 Å². The first-order chi connectivity index (χ1) is 8.22. The fourth-order valence-electron chi connectivity index (χ4n) is 2.41. The molecular weight excluding hydrogens is 282 g/mol. The number of rotatable bonds is 2. The maximum Gasteiger partial charge on any atom is 0.163 e. The van der Waals surface area contributed by atoms with Crippen LogP contribution in [0.25, 0.3) is 0 Å². The Labute approximate surface area is 110 Å². The van der Waals surface area contributed by atoms with Crippen LogP contribution >= 0.6 is 15.9 Å². The molecule has 1 heterocycles. The lowest BCUT2D eigenvalue weighted by Crippen LogP contribution is -2.33. The van der Waals surface area contributed by atoms with Crippen LogP contribution in [0.15, 0.2) is 16.6 Å². The van der Waals surface area contributed by atoms with Gasteiger partial charge in [-0.05, 0) is 34.7 Å². The van der Waals surface area contributed by atoms with Gasteiger partial charge in [-0.2, -0.15) is 0 Å². The molecule has 1 aromatic carbocycles. The summed E-state index contributed by atoms with van der Waals surface area (Å²) >= 11 is 3.57. The molecule has 0 amide bonds. The molecular formula is C13H16BrNO2. The predicted molar refractivity (Wildman–Crippen MR) is 70.9 cm³/mol. The van der Waals surface area contributed by atoms with Crippen molar-refractivity contribution in [3.8, 4) is 11.5 Å². The monoisotopic (exact) mass is 297 g/mol. The smallest absolute Gasteiger partial charge is 0.163 e. The Bertz CT molecular complexity index is 430. The highest BCUT2D eigenvalue weighted by Gasteiger charge is 2.26. The molecule has 3 rings (SSSR count). The number of nitrogens with one attached hydrogen (secondary N) is 1. The van der Waals surface area contributed by atoms with Crippen LogP contribution in [0, 0.1) is 5.92 Å². The summed E-state index contributed by atoms with van der Waals surface area (Å²) in [5.41, 5.74) is 1.10. The Morgan fingerprint density at radius 3 is 2.47 bits per heavy atom. The number of hydrogen-bond acceptors (Lipinski definition) is 3. The zero-order chi connectivity index (χ0) is 11.8. The minimum atomic E-state index is 0.601. The third kappa shape index (κ3) is 2.23. The zero-order valence-corrected chi connectivity index (χ0v) is 11.4. The summed E-state index contributed by atoms with van der Waals surface area (Å²) in [5, 5.41) is 3.54. The summed E-state index contributed by atoms with van der Waals surface area (Å²) in [6.07, 6.45) is 2.50. The highest BCUT2D eigenvalue weighted by atomic mass is 79.9. The number of halogens is 1. The number of fused-ring (bicyclic) bond motifs is 1. The van der Waals surface area contributed by atoms with E-state index in [-0.39, 0.29) is 0 Å². The van der Waals surface area contributed by atoms with Crippen molar-refractivity contribution in [1.29, 1.82) is 0 Å². The molecule has 4 heteroatoms. The lowest BCUT2D eigenvalue weighted by atomic mass is 9.82. The van der Waals surface area contributed by atoms with Crippen molar-refractivity contribution < 1.29 is 9.47 Å². The van der Waals surface area contributed by atoms with Gasteiger partial charge in [0.25, 0.3) is 0 Å². The van der Waals surface area contributed by atoms with Crippen molar-refractivity contribution in [2.45, 2.75) is 25.8 Å². The fraction of sp³-hybridized carbons (Fsp3) is 0.538. The van der Waals surface area contributed by atoms with E-state index in [0.29, 0.717) is 19.3 Å². The molecule has 0 radical (unpaired) electrons. The SMILES string of the molecule is CC1CC(Nc2cc3c(cc2Br)OCCO3)C1. The van der Waals surface area contributed by atoms with Crippen LogP contribution in [0.4, 0.5) is 5.69 Å². The average molecular weight is 298 g/mol. The van der Waals surface area contributed by atoms with Gasteiger partial charge >= 0.3 is 0 Å². The second-order valence-electron chi connectivity index (χ2n) is 4.89. The van der Waals surface area contributed by atoms with Gasteiger partial charge in [-0.15, -0.1) is 0 Å². The van der Waals surface area contributed by atoms with E-state index in [9.17, 15) is 0 Å². The van der Waals surface area contributed by atoms with Crippen LogP contribution in [0.5, 0.6) is 11.5 Å². The van der Waals surface area contributed by atoms with Gasteiger partial charge < -0.3 is 14.8 Å². The molecule has 3 nitrogen and oxygen atoms in total. The number of benzene rings is 1. The van der Waals surface area contributed by atoms with Crippen LogP contribution < -0.4 is 14.8 Å². The van der Waals surface area contributed by atoms with Crippen molar-refractivity contribution in [2.75, 3.05) is 18.5 Å². The second-order valence-corrected chi connectivity index (χ2v) is 5.75. The number of ether oxygens (including phenoxy) is 2. The number of hydrogen-bond donors (Lipinski definition) is 1. The largest absolute Gasteiger partial charge is 0.486 e. The Morgan fingerprint density at radius 1 is 1.18 bits per heavy atom. The molecule has 2 aliphatic rings. The molecule has 0 aromatic heterocycles. The van der Waals surface area contributed by atoms with Crippen LogP contribution in [0.2, 0.25) is 0 Å². The minimum absolute atomic E-state index is 0.601. The lowest BCUT2D eigenvalue weighted by molar-refractivity contribution is 0.171. The van der Waals surface area contributed by atoms with Gasteiger partial charge in [0.2, 0.25) is 0 Å². The van der Waals surface area contributed by atoms with Crippen molar-refractivity contribution in [3.63, 3.8) is 0 Å². The molecule has 0 unspecified atom stereocenters. The van der Waals surface area contributed by atoms with E-state index in [2.05, 4.69) is 28.2 Å². The highest BCUT2D eigenvalue weighted by Crippen LogP contribution is 2.40. The van der Waals surface area contributed by atoms with Crippen LogP contribution in [0.1, 0.15) is 19.8 Å².